The third kappa shape index (κ3) is 1.52. The molecule has 2 atom stereocenters. The van der Waals surface area contributed by atoms with Crippen molar-refractivity contribution in [2.45, 2.75) is 32.2 Å². The van der Waals surface area contributed by atoms with Gasteiger partial charge in [-0.3, -0.25) is 4.79 Å². The summed E-state index contributed by atoms with van der Waals surface area (Å²) in [5, 5.41) is 3.07. The van der Waals surface area contributed by atoms with E-state index in [4.69, 9.17) is 0 Å². The lowest BCUT2D eigenvalue weighted by atomic mass is 10.1. The summed E-state index contributed by atoms with van der Waals surface area (Å²) in [6.07, 6.45) is 7.24. The molecule has 0 aromatic carbocycles. The van der Waals surface area contributed by atoms with Gasteiger partial charge in [0.05, 0.1) is 0 Å². The molecule has 12 heavy (non-hydrogen) atoms. The van der Waals surface area contributed by atoms with Crippen LogP contribution in [0.1, 0.15) is 26.2 Å². The first-order valence-electron chi connectivity index (χ1n) is 4.72. The minimum Gasteiger partial charge on any atom is -0.353 e. The van der Waals surface area contributed by atoms with Gasteiger partial charge in [0.15, 0.2) is 0 Å². The van der Waals surface area contributed by atoms with Crippen LogP contribution in [0, 0.1) is 11.8 Å². The van der Waals surface area contributed by atoms with Gasteiger partial charge in [-0.2, -0.15) is 0 Å². The van der Waals surface area contributed by atoms with Gasteiger partial charge in [-0.25, -0.2) is 0 Å². The molecule has 0 radical (unpaired) electrons. The molecule has 2 heteroatoms. The largest absolute Gasteiger partial charge is 0.353 e. The third-order valence-electron chi connectivity index (χ3n) is 2.82. The zero-order chi connectivity index (χ0) is 8.55. The Morgan fingerprint density at radius 1 is 1.42 bits per heavy atom. The summed E-state index contributed by atoms with van der Waals surface area (Å²) in [6, 6.07) is 0.484. The fourth-order valence-electron chi connectivity index (χ4n) is 1.66. The third-order valence-corrected chi connectivity index (χ3v) is 2.82. The Balaban J connectivity index is 1.77. The van der Waals surface area contributed by atoms with E-state index in [1.165, 1.54) is 6.42 Å². The fraction of sp³-hybridized carbons (Fsp3) is 0.700. The molecule has 2 nitrogen and oxygen atoms in total. The first-order chi connectivity index (χ1) is 5.77. The van der Waals surface area contributed by atoms with Gasteiger partial charge in [0.25, 0.3) is 0 Å². The molecule has 0 bridgehead atoms. The van der Waals surface area contributed by atoms with Crippen molar-refractivity contribution in [1.29, 1.82) is 0 Å². The van der Waals surface area contributed by atoms with E-state index in [1.807, 2.05) is 0 Å². The van der Waals surface area contributed by atoms with Crippen LogP contribution >= 0.6 is 0 Å². The van der Waals surface area contributed by atoms with Crippen LogP contribution in [-0.4, -0.2) is 11.9 Å². The number of allylic oxidation sites excluding steroid dienone is 2. The molecule has 2 rings (SSSR count). The predicted octanol–water partition coefficient (Wildman–Crippen LogP) is 1.48. The molecular weight excluding hydrogens is 150 g/mol. The van der Waals surface area contributed by atoms with Crippen LogP contribution < -0.4 is 5.32 Å². The van der Waals surface area contributed by atoms with Gasteiger partial charge in [-0.15, -0.1) is 0 Å². The van der Waals surface area contributed by atoms with Crippen LogP contribution in [0.5, 0.6) is 0 Å². The molecule has 1 N–H and O–H groups in total. The van der Waals surface area contributed by atoms with Gasteiger partial charge in [0.1, 0.15) is 0 Å². The van der Waals surface area contributed by atoms with Crippen molar-refractivity contribution in [1.82, 2.24) is 5.32 Å². The van der Waals surface area contributed by atoms with E-state index < -0.39 is 0 Å². The monoisotopic (exact) mass is 165 g/mol. The molecule has 2 aliphatic carbocycles. The summed E-state index contributed by atoms with van der Waals surface area (Å²) in [5.74, 6) is 1.20. The van der Waals surface area contributed by atoms with E-state index >= 15 is 0 Å². The second-order valence-electron chi connectivity index (χ2n) is 3.97. The topological polar surface area (TPSA) is 29.1 Å². The maximum absolute atomic E-state index is 11.5. The van der Waals surface area contributed by atoms with E-state index in [0.29, 0.717) is 12.0 Å². The number of hydrogen-bond donors (Lipinski definition) is 1. The predicted molar refractivity (Wildman–Crippen MR) is 47.6 cm³/mol. The molecule has 1 fully saturated rings. The van der Waals surface area contributed by atoms with E-state index in [0.717, 1.165) is 12.8 Å². The van der Waals surface area contributed by atoms with Crippen LogP contribution in [0.4, 0.5) is 0 Å². The zero-order valence-electron chi connectivity index (χ0n) is 7.42. The lowest BCUT2D eigenvalue weighted by Crippen LogP contribution is -2.31. The van der Waals surface area contributed by atoms with E-state index in [1.54, 1.807) is 0 Å². The smallest absolute Gasteiger partial charge is 0.223 e. The Morgan fingerprint density at radius 2 is 2.00 bits per heavy atom. The molecule has 2 unspecified atom stereocenters. The highest BCUT2D eigenvalue weighted by Gasteiger charge is 2.35. The molecule has 1 amide bonds. The van der Waals surface area contributed by atoms with E-state index in [-0.39, 0.29) is 11.8 Å². The Bertz CT molecular complexity index is 214. The molecule has 66 valence electrons. The first kappa shape index (κ1) is 7.84. The van der Waals surface area contributed by atoms with Crippen LogP contribution in [0.15, 0.2) is 12.2 Å². The number of rotatable bonds is 2. The Hall–Kier alpha value is -0.790. The van der Waals surface area contributed by atoms with Gasteiger partial charge in [-0.05, 0) is 25.2 Å². The van der Waals surface area contributed by atoms with Gasteiger partial charge < -0.3 is 5.32 Å². The van der Waals surface area contributed by atoms with Gasteiger partial charge in [0, 0.05) is 12.0 Å². The summed E-state index contributed by atoms with van der Waals surface area (Å²) in [7, 11) is 0. The van der Waals surface area contributed by atoms with E-state index in [9.17, 15) is 4.79 Å². The van der Waals surface area contributed by atoms with Crippen molar-refractivity contribution in [3.05, 3.63) is 12.2 Å². The number of amides is 1. The van der Waals surface area contributed by atoms with Gasteiger partial charge >= 0.3 is 0 Å². The average molecular weight is 165 g/mol. The van der Waals surface area contributed by atoms with Crippen molar-refractivity contribution < 1.29 is 4.79 Å². The minimum atomic E-state index is 0.234. The normalized spacial score (nSPS) is 33.8. The number of hydrogen-bond acceptors (Lipinski definition) is 1. The lowest BCUT2D eigenvalue weighted by Gasteiger charge is -2.09. The van der Waals surface area contributed by atoms with Crippen molar-refractivity contribution >= 4 is 5.91 Å². The summed E-state index contributed by atoms with van der Waals surface area (Å²) in [6.45, 7) is 2.18. The SMILES string of the molecule is CC1CC1NC(=O)C1CC=CC1. The van der Waals surface area contributed by atoms with Gasteiger partial charge in [0.2, 0.25) is 5.91 Å². The Kier molecular flexibility index (Phi) is 1.91. The molecule has 0 aromatic heterocycles. The summed E-state index contributed by atoms with van der Waals surface area (Å²) < 4.78 is 0. The van der Waals surface area contributed by atoms with Crippen LogP contribution in [0.25, 0.3) is 0 Å². The Labute approximate surface area is 73.0 Å². The number of nitrogens with one attached hydrogen (secondary N) is 1. The molecule has 2 aliphatic rings. The highest BCUT2D eigenvalue weighted by Crippen LogP contribution is 2.30. The molecule has 0 spiro atoms. The first-order valence-corrected chi connectivity index (χ1v) is 4.72. The van der Waals surface area contributed by atoms with E-state index in [2.05, 4.69) is 24.4 Å². The van der Waals surface area contributed by atoms with Crippen LogP contribution in [-0.2, 0) is 4.79 Å². The molecule has 1 saturated carbocycles. The number of carbonyl (C=O) groups excluding carboxylic acids is 1. The van der Waals surface area contributed by atoms with Crippen LogP contribution in [0.2, 0.25) is 0 Å². The minimum absolute atomic E-state index is 0.234. The fourth-order valence-corrected chi connectivity index (χ4v) is 1.66. The molecule has 0 aromatic rings. The summed E-state index contributed by atoms with van der Waals surface area (Å²) in [4.78, 5) is 11.5. The molecule has 0 heterocycles. The second-order valence-corrected chi connectivity index (χ2v) is 3.97. The van der Waals surface area contributed by atoms with Crippen molar-refractivity contribution in [2.75, 3.05) is 0 Å². The highest BCUT2D eigenvalue weighted by atomic mass is 16.2. The molecular formula is C10H15NO. The van der Waals surface area contributed by atoms with Crippen molar-refractivity contribution in [2.24, 2.45) is 11.8 Å². The highest BCUT2D eigenvalue weighted by molar-refractivity contribution is 5.80. The van der Waals surface area contributed by atoms with Crippen molar-refractivity contribution in [3.63, 3.8) is 0 Å². The second kappa shape index (κ2) is 2.92. The standard InChI is InChI=1S/C10H15NO/c1-7-6-9(7)11-10(12)8-4-2-3-5-8/h2-3,7-9H,4-6H2,1H3,(H,11,12). The quantitative estimate of drug-likeness (QED) is 0.617. The van der Waals surface area contributed by atoms with Crippen LogP contribution in [0.3, 0.4) is 0 Å². The Morgan fingerprint density at radius 3 is 2.50 bits per heavy atom. The lowest BCUT2D eigenvalue weighted by molar-refractivity contribution is -0.124. The summed E-state index contributed by atoms with van der Waals surface area (Å²) >= 11 is 0. The molecule has 0 aliphatic heterocycles. The number of carbonyl (C=O) groups is 1. The van der Waals surface area contributed by atoms with Gasteiger partial charge in [-0.1, -0.05) is 19.1 Å². The molecule has 0 saturated heterocycles. The van der Waals surface area contributed by atoms with Crippen molar-refractivity contribution in [3.8, 4) is 0 Å². The zero-order valence-corrected chi connectivity index (χ0v) is 7.42. The summed E-state index contributed by atoms with van der Waals surface area (Å²) in [5.41, 5.74) is 0. The maximum atomic E-state index is 11.5. The maximum Gasteiger partial charge on any atom is 0.223 e. The average Bonchev–Trinajstić information content (AvgIpc) is 2.58.